The molecule has 2 aromatic rings. The second-order valence-electron chi connectivity index (χ2n) is 10.4. The SMILES string of the molecule is CC1(C)CCC(C)(C)c2cc(-c3csc(N4CCC(CCC(=O)O)CC4)n3)ccc21. The quantitative estimate of drug-likeness (QED) is 0.615. The predicted molar refractivity (Wildman–Crippen MR) is 125 cm³/mol. The molecule has 0 unspecified atom stereocenters. The van der Waals surface area contributed by atoms with Crippen LogP contribution in [0.15, 0.2) is 23.6 Å². The summed E-state index contributed by atoms with van der Waals surface area (Å²) in [5, 5.41) is 12.2. The highest BCUT2D eigenvalue weighted by atomic mass is 32.1. The van der Waals surface area contributed by atoms with Gasteiger partial charge in [0.25, 0.3) is 0 Å². The summed E-state index contributed by atoms with van der Waals surface area (Å²) in [5.41, 5.74) is 5.70. The van der Waals surface area contributed by atoms with Gasteiger partial charge in [0.05, 0.1) is 5.69 Å². The molecule has 1 N–H and O–H groups in total. The Kier molecular flexibility index (Phi) is 5.69. The fraction of sp³-hybridized carbons (Fsp3) is 0.600. The Morgan fingerprint density at radius 1 is 1.13 bits per heavy atom. The lowest BCUT2D eigenvalue weighted by atomic mass is 9.63. The molecule has 0 saturated carbocycles. The molecular weight excluding hydrogens is 392 g/mol. The van der Waals surface area contributed by atoms with Crippen molar-refractivity contribution < 1.29 is 9.90 Å². The highest BCUT2D eigenvalue weighted by Crippen LogP contribution is 2.47. The molecule has 0 amide bonds. The number of hydrogen-bond acceptors (Lipinski definition) is 4. The zero-order chi connectivity index (χ0) is 21.5. The topological polar surface area (TPSA) is 53.4 Å². The molecule has 0 bridgehead atoms. The molecule has 0 radical (unpaired) electrons. The molecule has 30 heavy (non-hydrogen) atoms. The van der Waals surface area contributed by atoms with Crippen molar-refractivity contribution in [3.63, 3.8) is 0 Å². The van der Waals surface area contributed by atoms with Gasteiger partial charge in [-0.3, -0.25) is 4.79 Å². The number of rotatable bonds is 5. The van der Waals surface area contributed by atoms with Crippen LogP contribution in [-0.4, -0.2) is 29.1 Å². The number of benzene rings is 1. The largest absolute Gasteiger partial charge is 0.481 e. The molecule has 4 rings (SSSR count). The van der Waals surface area contributed by atoms with Crippen LogP contribution >= 0.6 is 11.3 Å². The third-order valence-electron chi connectivity index (χ3n) is 7.29. The number of nitrogens with zero attached hydrogens (tertiary/aromatic N) is 2. The van der Waals surface area contributed by atoms with Gasteiger partial charge in [-0.15, -0.1) is 11.3 Å². The van der Waals surface area contributed by atoms with Crippen molar-refractivity contribution in [3.8, 4) is 11.3 Å². The Labute approximate surface area is 184 Å². The Hall–Kier alpha value is -1.88. The maximum absolute atomic E-state index is 10.8. The Morgan fingerprint density at radius 2 is 1.80 bits per heavy atom. The number of aromatic nitrogens is 1. The van der Waals surface area contributed by atoms with Crippen LogP contribution in [0.25, 0.3) is 11.3 Å². The smallest absolute Gasteiger partial charge is 0.303 e. The van der Waals surface area contributed by atoms with E-state index in [4.69, 9.17) is 10.1 Å². The maximum Gasteiger partial charge on any atom is 0.303 e. The molecule has 162 valence electrons. The third-order valence-corrected chi connectivity index (χ3v) is 8.19. The van der Waals surface area contributed by atoms with E-state index >= 15 is 0 Å². The zero-order valence-electron chi connectivity index (χ0n) is 18.7. The number of hydrogen-bond donors (Lipinski definition) is 1. The fourth-order valence-electron chi connectivity index (χ4n) is 5.03. The molecule has 0 atom stereocenters. The van der Waals surface area contributed by atoms with Gasteiger partial charge in [0.2, 0.25) is 0 Å². The molecule has 4 nitrogen and oxygen atoms in total. The van der Waals surface area contributed by atoms with E-state index in [-0.39, 0.29) is 17.3 Å². The van der Waals surface area contributed by atoms with Crippen molar-refractivity contribution >= 4 is 22.4 Å². The van der Waals surface area contributed by atoms with Crippen molar-refractivity contribution in [2.75, 3.05) is 18.0 Å². The number of anilines is 1. The molecule has 5 heteroatoms. The first-order valence-electron chi connectivity index (χ1n) is 11.2. The van der Waals surface area contributed by atoms with Gasteiger partial charge in [0, 0.05) is 30.5 Å². The maximum atomic E-state index is 10.8. The lowest BCUT2D eigenvalue weighted by Gasteiger charge is -2.42. The molecule has 2 aliphatic rings. The summed E-state index contributed by atoms with van der Waals surface area (Å²) in [4.78, 5) is 18.2. The molecule has 1 aliphatic carbocycles. The van der Waals surface area contributed by atoms with Gasteiger partial charge < -0.3 is 10.0 Å². The molecule has 1 saturated heterocycles. The second-order valence-corrected chi connectivity index (χ2v) is 11.2. The number of piperidine rings is 1. The molecule has 0 spiro atoms. The summed E-state index contributed by atoms with van der Waals surface area (Å²) in [6.07, 6.45) is 5.66. The van der Waals surface area contributed by atoms with E-state index in [9.17, 15) is 4.79 Å². The molecule has 1 aromatic carbocycles. The number of fused-ring (bicyclic) bond motifs is 1. The lowest BCUT2D eigenvalue weighted by molar-refractivity contribution is -0.137. The Bertz CT molecular complexity index is 923. The van der Waals surface area contributed by atoms with Gasteiger partial charge in [-0.05, 0) is 66.0 Å². The molecule has 1 aromatic heterocycles. The molecular formula is C25H34N2O2S. The monoisotopic (exact) mass is 426 g/mol. The number of carboxylic acid groups (broad SMARTS) is 1. The van der Waals surface area contributed by atoms with E-state index in [1.807, 2.05) is 0 Å². The van der Waals surface area contributed by atoms with Crippen LogP contribution in [0.3, 0.4) is 0 Å². The van der Waals surface area contributed by atoms with Gasteiger partial charge in [0.1, 0.15) is 0 Å². The Balaban J connectivity index is 1.49. The minimum absolute atomic E-state index is 0.206. The van der Waals surface area contributed by atoms with E-state index in [1.54, 1.807) is 11.3 Å². The van der Waals surface area contributed by atoms with Crippen LogP contribution in [0.2, 0.25) is 0 Å². The van der Waals surface area contributed by atoms with Crippen LogP contribution in [-0.2, 0) is 15.6 Å². The summed E-state index contributed by atoms with van der Waals surface area (Å²) < 4.78 is 0. The van der Waals surface area contributed by atoms with Crippen molar-refractivity contribution in [2.24, 2.45) is 5.92 Å². The first-order valence-corrected chi connectivity index (χ1v) is 12.1. The zero-order valence-corrected chi connectivity index (χ0v) is 19.5. The van der Waals surface area contributed by atoms with Crippen LogP contribution in [0.5, 0.6) is 0 Å². The summed E-state index contributed by atoms with van der Waals surface area (Å²) >= 11 is 1.73. The minimum atomic E-state index is -0.682. The van der Waals surface area contributed by atoms with Crippen LogP contribution in [0.4, 0.5) is 5.13 Å². The average Bonchev–Trinajstić information content (AvgIpc) is 3.20. The number of carboxylic acids is 1. The highest BCUT2D eigenvalue weighted by Gasteiger charge is 2.37. The average molecular weight is 427 g/mol. The second kappa shape index (κ2) is 7.99. The number of carbonyl (C=O) groups is 1. The lowest BCUT2D eigenvalue weighted by Crippen LogP contribution is -2.34. The van der Waals surface area contributed by atoms with Crippen molar-refractivity contribution in [2.45, 2.75) is 77.0 Å². The summed E-state index contributed by atoms with van der Waals surface area (Å²) in [6, 6.07) is 6.96. The summed E-state index contributed by atoms with van der Waals surface area (Å²) in [5.74, 6) is -0.151. The number of thiazole rings is 1. The molecule has 1 fully saturated rings. The van der Waals surface area contributed by atoms with Gasteiger partial charge in [-0.25, -0.2) is 4.98 Å². The van der Waals surface area contributed by atoms with Crippen molar-refractivity contribution in [1.29, 1.82) is 0 Å². The van der Waals surface area contributed by atoms with Crippen LogP contribution in [0, 0.1) is 5.92 Å². The first-order chi connectivity index (χ1) is 14.2. The summed E-state index contributed by atoms with van der Waals surface area (Å²) in [7, 11) is 0. The minimum Gasteiger partial charge on any atom is -0.481 e. The predicted octanol–water partition coefficient (Wildman–Crippen LogP) is 6.24. The molecule has 1 aliphatic heterocycles. The van der Waals surface area contributed by atoms with Gasteiger partial charge >= 0.3 is 5.97 Å². The van der Waals surface area contributed by atoms with Gasteiger partial charge in [-0.1, -0.05) is 39.8 Å². The van der Waals surface area contributed by atoms with E-state index in [2.05, 4.69) is 56.2 Å². The van der Waals surface area contributed by atoms with Gasteiger partial charge in [-0.2, -0.15) is 0 Å². The normalized spacial score (nSPS) is 20.7. The van der Waals surface area contributed by atoms with Crippen molar-refractivity contribution in [3.05, 3.63) is 34.7 Å². The molecule has 2 heterocycles. The highest BCUT2D eigenvalue weighted by molar-refractivity contribution is 7.14. The van der Waals surface area contributed by atoms with Crippen LogP contribution < -0.4 is 4.90 Å². The Morgan fingerprint density at radius 3 is 2.47 bits per heavy atom. The number of aliphatic carboxylic acids is 1. The van der Waals surface area contributed by atoms with Crippen LogP contribution in [0.1, 0.15) is 77.3 Å². The van der Waals surface area contributed by atoms with E-state index in [0.29, 0.717) is 5.92 Å². The summed E-state index contributed by atoms with van der Waals surface area (Å²) in [6.45, 7) is 11.4. The van der Waals surface area contributed by atoms with E-state index in [0.717, 1.165) is 43.2 Å². The fourth-order valence-corrected chi connectivity index (χ4v) is 5.92. The standard InChI is InChI=1S/C25H34N2O2S/c1-24(2)11-12-25(3,4)20-15-18(6-7-19(20)24)21-16-30-23(26-21)27-13-9-17(10-14-27)5-8-22(28)29/h6-7,15-17H,5,8-14H2,1-4H3,(H,28,29). The first kappa shape index (κ1) is 21.4. The van der Waals surface area contributed by atoms with E-state index in [1.165, 1.54) is 29.5 Å². The van der Waals surface area contributed by atoms with Gasteiger partial charge in [0.15, 0.2) is 5.13 Å². The third kappa shape index (κ3) is 4.27. The van der Waals surface area contributed by atoms with E-state index < -0.39 is 5.97 Å². The van der Waals surface area contributed by atoms with Crippen molar-refractivity contribution in [1.82, 2.24) is 4.98 Å².